The summed E-state index contributed by atoms with van der Waals surface area (Å²) in [6.45, 7) is 1.93. The van der Waals surface area contributed by atoms with Crippen LogP contribution in [0.4, 0.5) is 10.5 Å². The van der Waals surface area contributed by atoms with Crippen molar-refractivity contribution in [1.29, 1.82) is 0 Å². The molecule has 2 fully saturated rings. The van der Waals surface area contributed by atoms with Gasteiger partial charge in [-0.05, 0) is 55.7 Å². The van der Waals surface area contributed by atoms with Gasteiger partial charge in [0, 0.05) is 38.2 Å². The number of piperidine rings is 2. The lowest BCUT2D eigenvalue weighted by Gasteiger charge is -2.32. The molecular formula is C23H32N4O5. The first-order valence-electron chi connectivity index (χ1n) is 11.4. The number of carbonyl (C=O) groups excluding carboxylic acids is 3. The number of rotatable bonds is 9. The number of benzene rings is 1. The van der Waals surface area contributed by atoms with Crippen molar-refractivity contribution < 1.29 is 24.3 Å². The summed E-state index contributed by atoms with van der Waals surface area (Å²) in [5.41, 5.74) is 2.09. The molecule has 1 aromatic rings. The van der Waals surface area contributed by atoms with Gasteiger partial charge in [-0.2, -0.15) is 0 Å². The summed E-state index contributed by atoms with van der Waals surface area (Å²) in [5, 5.41) is 16.4. The molecule has 0 aliphatic carbocycles. The first-order chi connectivity index (χ1) is 15.4. The number of hydrogen-bond acceptors (Lipinski definition) is 5. The van der Waals surface area contributed by atoms with Crippen LogP contribution in [0.1, 0.15) is 62.8 Å². The van der Waals surface area contributed by atoms with Crippen molar-refractivity contribution in [2.24, 2.45) is 0 Å². The minimum atomic E-state index is -1.01. The minimum Gasteiger partial charge on any atom is -0.465 e. The number of amides is 4. The molecule has 3 rings (SSSR count). The van der Waals surface area contributed by atoms with Crippen molar-refractivity contribution in [3.8, 4) is 0 Å². The summed E-state index contributed by atoms with van der Waals surface area (Å²) >= 11 is 0. The van der Waals surface area contributed by atoms with Crippen molar-refractivity contribution in [2.45, 2.75) is 63.3 Å². The van der Waals surface area contributed by atoms with Gasteiger partial charge in [0.2, 0.25) is 17.7 Å². The molecule has 1 atom stereocenters. The molecule has 2 aliphatic heterocycles. The normalized spacial score (nSPS) is 19.4. The second kappa shape index (κ2) is 11.5. The fraction of sp³-hybridized carbons (Fsp3) is 0.565. The van der Waals surface area contributed by atoms with E-state index in [1.807, 2.05) is 17.0 Å². The number of nitrogens with one attached hydrogen (secondary N) is 3. The zero-order valence-electron chi connectivity index (χ0n) is 18.3. The van der Waals surface area contributed by atoms with Gasteiger partial charge in [-0.25, -0.2) is 4.79 Å². The summed E-state index contributed by atoms with van der Waals surface area (Å²) in [6, 6.07) is 7.69. The third-order valence-corrected chi connectivity index (χ3v) is 6.15. The molecule has 1 aromatic carbocycles. The highest BCUT2D eigenvalue weighted by atomic mass is 16.4. The number of hydrogen-bond donors (Lipinski definition) is 4. The molecule has 0 radical (unpaired) electrons. The van der Waals surface area contributed by atoms with Crippen molar-refractivity contribution in [3.05, 3.63) is 29.8 Å². The maximum Gasteiger partial charge on any atom is 0.404 e. The van der Waals surface area contributed by atoms with Crippen LogP contribution in [-0.2, 0) is 14.4 Å². The molecule has 1 unspecified atom stereocenters. The molecule has 2 saturated heterocycles. The fourth-order valence-electron chi connectivity index (χ4n) is 4.28. The molecule has 9 nitrogen and oxygen atoms in total. The Morgan fingerprint density at radius 1 is 1.03 bits per heavy atom. The highest BCUT2D eigenvalue weighted by molar-refractivity contribution is 6.01. The number of carboxylic acid groups (broad SMARTS) is 1. The van der Waals surface area contributed by atoms with Gasteiger partial charge < -0.3 is 20.6 Å². The van der Waals surface area contributed by atoms with E-state index in [9.17, 15) is 19.2 Å². The van der Waals surface area contributed by atoms with Crippen LogP contribution in [0.2, 0.25) is 0 Å². The van der Waals surface area contributed by atoms with Crippen LogP contribution in [0.15, 0.2) is 24.3 Å². The molecule has 0 bridgehead atoms. The third kappa shape index (κ3) is 6.96. The summed E-state index contributed by atoms with van der Waals surface area (Å²) in [4.78, 5) is 47.9. The number of likely N-dealkylation sites (tertiary alicyclic amines) is 1. The van der Waals surface area contributed by atoms with Crippen LogP contribution >= 0.6 is 0 Å². The molecule has 0 spiro atoms. The van der Waals surface area contributed by atoms with Gasteiger partial charge >= 0.3 is 6.09 Å². The van der Waals surface area contributed by atoms with Gasteiger partial charge in [0.1, 0.15) is 6.04 Å². The van der Waals surface area contributed by atoms with E-state index in [0.29, 0.717) is 31.7 Å². The maximum atomic E-state index is 12.4. The molecule has 4 N–H and O–H groups in total. The second-order valence-electron chi connectivity index (χ2n) is 8.47. The molecule has 2 aliphatic rings. The van der Waals surface area contributed by atoms with Crippen molar-refractivity contribution in [3.63, 3.8) is 0 Å². The smallest absolute Gasteiger partial charge is 0.404 e. The van der Waals surface area contributed by atoms with Gasteiger partial charge in [0.25, 0.3) is 0 Å². The monoisotopic (exact) mass is 444 g/mol. The van der Waals surface area contributed by atoms with Crippen LogP contribution in [0.25, 0.3) is 0 Å². The highest BCUT2D eigenvalue weighted by Crippen LogP contribution is 2.29. The Balaban J connectivity index is 1.37. The van der Waals surface area contributed by atoms with Crippen molar-refractivity contribution >= 4 is 29.5 Å². The molecule has 0 aromatic heterocycles. The molecule has 2 heterocycles. The number of carbonyl (C=O) groups is 4. The van der Waals surface area contributed by atoms with E-state index >= 15 is 0 Å². The van der Waals surface area contributed by atoms with Crippen LogP contribution < -0.4 is 16.0 Å². The topological polar surface area (TPSA) is 128 Å². The van der Waals surface area contributed by atoms with Crippen LogP contribution in [0, 0.1) is 0 Å². The van der Waals surface area contributed by atoms with E-state index in [-0.39, 0.29) is 23.8 Å². The van der Waals surface area contributed by atoms with Crippen molar-refractivity contribution in [1.82, 2.24) is 15.5 Å². The first kappa shape index (κ1) is 23.6. The second-order valence-corrected chi connectivity index (χ2v) is 8.47. The van der Waals surface area contributed by atoms with Gasteiger partial charge in [-0.15, -0.1) is 0 Å². The zero-order chi connectivity index (χ0) is 22.9. The lowest BCUT2D eigenvalue weighted by Crippen LogP contribution is -2.47. The maximum absolute atomic E-state index is 12.4. The van der Waals surface area contributed by atoms with Crippen LogP contribution in [0.3, 0.4) is 0 Å². The SMILES string of the molecule is O=C(O)NCCCCCC(=O)N1CCC(c2ccc(NC3CCC(=O)NC3=O)cc2)CC1. The predicted molar refractivity (Wildman–Crippen MR) is 119 cm³/mol. The van der Waals surface area contributed by atoms with Crippen LogP contribution in [-0.4, -0.2) is 59.5 Å². The minimum absolute atomic E-state index is 0.179. The summed E-state index contributed by atoms with van der Waals surface area (Å²) in [5.74, 6) is 0.0878. The molecule has 9 heteroatoms. The van der Waals surface area contributed by atoms with Gasteiger partial charge in [0.15, 0.2) is 0 Å². The number of unbranched alkanes of at least 4 members (excludes halogenated alkanes) is 2. The van der Waals surface area contributed by atoms with Gasteiger partial charge in [0.05, 0.1) is 0 Å². The van der Waals surface area contributed by atoms with E-state index in [1.54, 1.807) is 0 Å². The highest BCUT2D eigenvalue weighted by Gasteiger charge is 2.27. The Hall–Kier alpha value is -3.10. The summed E-state index contributed by atoms with van der Waals surface area (Å²) < 4.78 is 0. The van der Waals surface area contributed by atoms with E-state index in [4.69, 9.17) is 5.11 Å². The lowest BCUT2D eigenvalue weighted by molar-refractivity contribution is -0.134. The molecule has 174 valence electrons. The quantitative estimate of drug-likeness (QED) is 0.342. The average molecular weight is 445 g/mol. The predicted octanol–water partition coefficient (Wildman–Crippen LogP) is 2.44. The molecule has 0 saturated carbocycles. The lowest BCUT2D eigenvalue weighted by atomic mass is 9.89. The Morgan fingerprint density at radius 2 is 1.75 bits per heavy atom. The molecular weight excluding hydrogens is 412 g/mol. The van der Waals surface area contributed by atoms with E-state index < -0.39 is 6.09 Å². The van der Waals surface area contributed by atoms with Crippen LogP contribution in [0.5, 0.6) is 0 Å². The zero-order valence-corrected chi connectivity index (χ0v) is 18.3. The van der Waals surface area contributed by atoms with E-state index in [0.717, 1.165) is 50.9 Å². The third-order valence-electron chi connectivity index (χ3n) is 6.15. The Bertz CT molecular complexity index is 818. The van der Waals surface area contributed by atoms with Gasteiger partial charge in [-0.3, -0.25) is 19.7 Å². The number of nitrogens with zero attached hydrogens (tertiary/aromatic N) is 1. The first-order valence-corrected chi connectivity index (χ1v) is 11.4. The van der Waals surface area contributed by atoms with Crippen molar-refractivity contribution in [2.75, 3.05) is 25.0 Å². The number of anilines is 1. The van der Waals surface area contributed by atoms with E-state index in [1.165, 1.54) is 5.56 Å². The molecule has 32 heavy (non-hydrogen) atoms. The summed E-state index contributed by atoms with van der Waals surface area (Å²) in [7, 11) is 0. The van der Waals surface area contributed by atoms with Gasteiger partial charge in [-0.1, -0.05) is 18.6 Å². The Morgan fingerprint density at radius 3 is 2.41 bits per heavy atom. The summed E-state index contributed by atoms with van der Waals surface area (Å²) in [6.07, 6.45) is 4.56. The standard InChI is InChI=1S/C23H32N4O5/c28-20-10-9-19(22(30)26-20)25-18-7-5-16(6-8-18)17-11-14-27(15-12-17)21(29)4-2-1-3-13-24-23(31)32/h5-8,17,19,24-25H,1-4,9-15H2,(H,31,32)(H,26,28,30). The number of imide groups is 1. The largest absolute Gasteiger partial charge is 0.465 e. The molecule has 4 amide bonds. The average Bonchev–Trinajstić information content (AvgIpc) is 2.78. The Labute approximate surface area is 187 Å². The fourth-order valence-corrected chi connectivity index (χ4v) is 4.28. The van der Waals surface area contributed by atoms with E-state index in [2.05, 4.69) is 28.1 Å². The Kier molecular flexibility index (Phi) is 8.47.